The Hall–Kier alpha value is -4.73. The molecular weight excluding hydrogens is 550 g/mol. The molecule has 0 saturated carbocycles. The number of aliphatic hydroxyl groups is 2. The molecule has 43 heavy (non-hydrogen) atoms. The number of aryl methyl sites for hydroxylation is 3. The molecule has 0 aliphatic heterocycles. The molecule has 5 rings (SSSR count). The molecule has 0 unspecified atom stereocenters. The second-order valence-corrected chi connectivity index (χ2v) is 10.2. The van der Waals surface area contributed by atoms with Crippen LogP contribution in [0.25, 0.3) is 33.4 Å². The molecule has 0 aliphatic carbocycles. The highest BCUT2D eigenvalue weighted by molar-refractivity contribution is 5.93. The minimum atomic E-state index is -0.388. The number of aromatic amines is 1. The van der Waals surface area contributed by atoms with Crippen molar-refractivity contribution in [1.82, 2.24) is 4.98 Å². The van der Waals surface area contributed by atoms with Crippen LogP contribution in [0.3, 0.4) is 0 Å². The van der Waals surface area contributed by atoms with Crippen molar-refractivity contribution in [2.75, 3.05) is 20.3 Å². The van der Waals surface area contributed by atoms with Crippen LogP contribution in [0.4, 0.5) is 0 Å². The summed E-state index contributed by atoms with van der Waals surface area (Å²) in [5.74, 6) is 0.217. The fourth-order valence-electron chi connectivity index (χ4n) is 5.25. The number of phenols is 2. The Morgan fingerprint density at radius 3 is 2.42 bits per heavy atom. The number of aliphatic hydroxyl groups excluding tert-OH is 2. The fourth-order valence-corrected chi connectivity index (χ4v) is 5.25. The standard InChI is InChI=1S/C34H35NO8/c1-3-23-17-26(27(19-37)35-23)22-7-4-6-20(16-22)8-13-25-31(40)34(41-2)33(42-15-5-14-36)30-28(39)18-29(43-32(25)30)21-9-11-24(38)12-10-21/h4,6-7,9-12,16-18,35-38,40H,3,5,8,13-15,19H2,1-2H3. The molecule has 2 heterocycles. The molecule has 0 spiro atoms. The van der Waals surface area contributed by atoms with Gasteiger partial charge < -0.3 is 39.3 Å². The van der Waals surface area contributed by atoms with Crippen molar-refractivity contribution in [3.63, 3.8) is 0 Å². The van der Waals surface area contributed by atoms with Gasteiger partial charge in [-0.15, -0.1) is 0 Å². The minimum absolute atomic E-state index is 0.0193. The highest BCUT2D eigenvalue weighted by Gasteiger charge is 2.26. The van der Waals surface area contributed by atoms with Gasteiger partial charge in [-0.25, -0.2) is 0 Å². The third kappa shape index (κ3) is 6.09. The first-order chi connectivity index (χ1) is 20.9. The Kier molecular flexibility index (Phi) is 9.04. The van der Waals surface area contributed by atoms with Crippen molar-refractivity contribution in [2.45, 2.75) is 39.2 Å². The smallest absolute Gasteiger partial charge is 0.204 e. The number of hydrogen-bond acceptors (Lipinski definition) is 8. The summed E-state index contributed by atoms with van der Waals surface area (Å²) in [4.78, 5) is 16.9. The van der Waals surface area contributed by atoms with E-state index < -0.39 is 0 Å². The molecule has 0 bridgehead atoms. The van der Waals surface area contributed by atoms with Gasteiger partial charge in [0, 0.05) is 47.2 Å². The molecular formula is C34H35NO8. The monoisotopic (exact) mass is 585 g/mol. The largest absolute Gasteiger partial charge is 0.508 e. The maximum Gasteiger partial charge on any atom is 0.204 e. The van der Waals surface area contributed by atoms with Gasteiger partial charge in [-0.3, -0.25) is 4.79 Å². The minimum Gasteiger partial charge on any atom is -0.508 e. The number of benzene rings is 3. The van der Waals surface area contributed by atoms with E-state index in [1.54, 1.807) is 12.1 Å². The molecule has 0 amide bonds. The zero-order valence-corrected chi connectivity index (χ0v) is 24.1. The van der Waals surface area contributed by atoms with Gasteiger partial charge >= 0.3 is 0 Å². The number of hydrogen-bond donors (Lipinski definition) is 5. The highest BCUT2D eigenvalue weighted by Crippen LogP contribution is 2.46. The van der Waals surface area contributed by atoms with E-state index >= 15 is 0 Å². The number of methoxy groups -OCH3 is 1. The number of aromatic hydroxyl groups is 2. The van der Waals surface area contributed by atoms with Crippen LogP contribution in [0.2, 0.25) is 0 Å². The van der Waals surface area contributed by atoms with E-state index in [0.717, 1.165) is 34.5 Å². The number of rotatable bonds is 12. The SMILES string of the molecule is CCc1cc(-c2cccc(CCc3c(O)c(OC)c(OCCCO)c4c(=O)cc(-c5ccc(O)cc5)oc34)c2)c(CO)[nH]1. The summed E-state index contributed by atoms with van der Waals surface area (Å²) in [5, 5.41) is 40.4. The number of phenolic OH excluding ortho intramolecular Hbond substituents is 2. The van der Waals surface area contributed by atoms with Crippen LogP contribution in [0.1, 0.15) is 35.9 Å². The van der Waals surface area contributed by atoms with Crippen molar-refractivity contribution in [1.29, 1.82) is 0 Å². The Bertz CT molecular complexity index is 1790. The van der Waals surface area contributed by atoms with E-state index in [2.05, 4.69) is 4.98 Å². The topological polar surface area (TPSA) is 145 Å². The maximum atomic E-state index is 13.6. The molecule has 5 aromatic rings. The van der Waals surface area contributed by atoms with Crippen LogP contribution in [-0.4, -0.2) is 45.7 Å². The van der Waals surface area contributed by atoms with E-state index in [1.165, 1.54) is 25.3 Å². The van der Waals surface area contributed by atoms with Gasteiger partial charge in [-0.1, -0.05) is 31.2 Å². The normalized spacial score (nSPS) is 11.3. The Morgan fingerprint density at radius 2 is 1.72 bits per heavy atom. The summed E-state index contributed by atoms with van der Waals surface area (Å²) in [6.07, 6.45) is 1.94. The lowest BCUT2D eigenvalue weighted by Crippen LogP contribution is -2.10. The molecule has 224 valence electrons. The van der Waals surface area contributed by atoms with Gasteiger partial charge in [0.25, 0.3) is 0 Å². The number of aromatic nitrogens is 1. The number of fused-ring (bicyclic) bond motifs is 1. The zero-order valence-electron chi connectivity index (χ0n) is 24.1. The van der Waals surface area contributed by atoms with Crippen LogP contribution < -0.4 is 14.9 Å². The number of nitrogens with one attached hydrogen (secondary N) is 1. The number of H-pyrrole nitrogens is 1. The van der Waals surface area contributed by atoms with E-state index in [1.807, 2.05) is 37.3 Å². The van der Waals surface area contributed by atoms with Gasteiger partial charge in [-0.2, -0.15) is 0 Å². The second-order valence-electron chi connectivity index (χ2n) is 10.2. The average Bonchev–Trinajstić information content (AvgIpc) is 3.45. The maximum absolute atomic E-state index is 13.6. The quantitative estimate of drug-likeness (QED) is 0.121. The van der Waals surface area contributed by atoms with Crippen molar-refractivity contribution in [2.24, 2.45) is 0 Å². The molecule has 3 aromatic carbocycles. The number of ether oxygens (including phenoxy) is 2. The first-order valence-electron chi connectivity index (χ1n) is 14.2. The van der Waals surface area contributed by atoms with Crippen LogP contribution >= 0.6 is 0 Å². The van der Waals surface area contributed by atoms with Gasteiger partial charge in [0.15, 0.2) is 16.9 Å². The third-order valence-corrected chi connectivity index (χ3v) is 7.46. The average molecular weight is 586 g/mol. The van der Waals surface area contributed by atoms with Crippen LogP contribution in [-0.2, 0) is 25.9 Å². The van der Waals surface area contributed by atoms with Gasteiger partial charge in [0.2, 0.25) is 5.75 Å². The lowest BCUT2D eigenvalue weighted by Gasteiger charge is -2.18. The first-order valence-corrected chi connectivity index (χ1v) is 14.2. The predicted octanol–water partition coefficient (Wildman–Crippen LogP) is 5.48. The van der Waals surface area contributed by atoms with Gasteiger partial charge in [0.1, 0.15) is 22.5 Å². The third-order valence-electron chi connectivity index (χ3n) is 7.46. The van der Waals surface area contributed by atoms with E-state index in [-0.39, 0.29) is 65.0 Å². The Labute approximate surface area is 248 Å². The summed E-state index contributed by atoms with van der Waals surface area (Å²) in [6.45, 7) is 1.94. The Morgan fingerprint density at radius 1 is 0.930 bits per heavy atom. The lowest BCUT2D eigenvalue weighted by molar-refractivity contribution is 0.228. The van der Waals surface area contributed by atoms with Crippen molar-refractivity contribution in [3.05, 3.63) is 93.4 Å². The predicted molar refractivity (Wildman–Crippen MR) is 164 cm³/mol. The zero-order chi connectivity index (χ0) is 30.5. The lowest BCUT2D eigenvalue weighted by atomic mass is 9.97. The van der Waals surface area contributed by atoms with Gasteiger partial charge in [-0.05, 0) is 60.7 Å². The molecule has 9 nitrogen and oxygen atoms in total. The molecule has 0 radical (unpaired) electrons. The molecule has 0 fully saturated rings. The second kappa shape index (κ2) is 13.1. The van der Waals surface area contributed by atoms with Crippen molar-refractivity contribution < 1.29 is 34.3 Å². The van der Waals surface area contributed by atoms with Gasteiger partial charge in [0.05, 0.1) is 20.3 Å². The molecule has 5 N–H and O–H groups in total. The molecule has 9 heteroatoms. The van der Waals surface area contributed by atoms with E-state index in [4.69, 9.17) is 13.9 Å². The summed E-state index contributed by atoms with van der Waals surface area (Å²) in [6, 6.07) is 17.6. The molecule has 0 saturated heterocycles. The highest BCUT2D eigenvalue weighted by atomic mass is 16.5. The summed E-state index contributed by atoms with van der Waals surface area (Å²) in [5.41, 5.74) is 5.40. The van der Waals surface area contributed by atoms with Crippen molar-refractivity contribution in [3.8, 4) is 45.4 Å². The summed E-state index contributed by atoms with van der Waals surface area (Å²) < 4.78 is 17.7. The molecule has 0 aliphatic rings. The van der Waals surface area contributed by atoms with Crippen molar-refractivity contribution >= 4 is 11.0 Å². The molecule has 0 atom stereocenters. The fraction of sp³-hybridized carbons (Fsp3) is 0.265. The van der Waals surface area contributed by atoms with Crippen LogP contribution in [0.15, 0.2) is 69.9 Å². The van der Waals surface area contributed by atoms with Crippen LogP contribution in [0, 0.1) is 0 Å². The summed E-state index contributed by atoms with van der Waals surface area (Å²) in [7, 11) is 1.39. The van der Waals surface area contributed by atoms with E-state index in [9.17, 15) is 25.2 Å². The summed E-state index contributed by atoms with van der Waals surface area (Å²) >= 11 is 0. The Balaban J connectivity index is 1.60. The molecule has 2 aromatic heterocycles. The van der Waals surface area contributed by atoms with Crippen LogP contribution in [0.5, 0.6) is 23.0 Å². The first kappa shape index (κ1) is 29.8. The van der Waals surface area contributed by atoms with E-state index in [0.29, 0.717) is 30.4 Å².